The summed E-state index contributed by atoms with van der Waals surface area (Å²) in [6.07, 6.45) is -4.15. The number of hydrogen-bond donors (Lipinski definition) is 0. The van der Waals surface area contributed by atoms with Gasteiger partial charge in [-0.05, 0) is 20.3 Å². The molecule has 0 N–H and O–H groups in total. The molecule has 2 aromatic rings. The topological polar surface area (TPSA) is 85.9 Å². The van der Waals surface area contributed by atoms with Gasteiger partial charge in [-0.2, -0.15) is 22.8 Å². The van der Waals surface area contributed by atoms with Crippen molar-refractivity contribution in [1.82, 2.24) is 19.1 Å². The molecule has 0 saturated heterocycles. The van der Waals surface area contributed by atoms with E-state index in [0.717, 1.165) is 4.57 Å². The highest BCUT2D eigenvalue weighted by Crippen LogP contribution is 2.30. The predicted octanol–water partition coefficient (Wildman–Crippen LogP) is 1.83. The highest BCUT2D eigenvalue weighted by molar-refractivity contribution is 5.97. The van der Waals surface area contributed by atoms with Crippen LogP contribution in [0.5, 0.6) is 0 Å². The molecule has 8 nitrogen and oxygen atoms in total. The third kappa shape index (κ3) is 3.14. The quantitative estimate of drug-likeness (QED) is 0.715. The number of hydrogen-bond acceptors (Lipinski definition) is 5. The van der Waals surface area contributed by atoms with Gasteiger partial charge >= 0.3 is 12.1 Å². The van der Waals surface area contributed by atoms with Crippen LogP contribution in [-0.2, 0) is 28.8 Å². The highest BCUT2D eigenvalue weighted by Gasteiger charge is 2.39. The van der Waals surface area contributed by atoms with Crippen molar-refractivity contribution in [3.63, 3.8) is 0 Å². The van der Waals surface area contributed by atoms with E-state index in [9.17, 15) is 27.6 Å². The number of alkyl halides is 3. The number of halogens is 3. The fraction of sp³-hybridized carbons (Fsp3) is 0.529. The SMILES string of the molecule is CCOC(=O)Cn1c2c(c(=O)n3nc(C(F)(F)F)cc13)CN([C@@H](C)CC)C2=O. The number of rotatable bonds is 5. The smallest absolute Gasteiger partial charge is 0.435 e. The lowest BCUT2D eigenvalue weighted by molar-refractivity contribution is -0.144. The lowest BCUT2D eigenvalue weighted by atomic mass is 10.2. The fourth-order valence-electron chi connectivity index (χ4n) is 3.20. The molecule has 0 bridgehead atoms. The predicted molar refractivity (Wildman–Crippen MR) is 90.7 cm³/mol. The zero-order valence-electron chi connectivity index (χ0n) is 15.5. The number of esters is 1. The van der Waals surface area contributed by atoms with E-state index < -0.39 is 35.9 Å². The number of nitrogens with zero attached hydrogens (tertiary/aromatic N) is 4. The van der Waals surface area contributed by atoms with E-state index in [-0.39, 0.29) is 36.1 Å². The van der Waals surface area contributed by atoms with E-state index >= 15 is 0 Å². The van der Waals surface area contributed by atoms with Crippen molar-refractivity contribution in [3.05, 3.63) is 33.4 Å². The molecule has 3 heterocycles. The second kappa shape index (κ2) is 6.95. The summed E-state index contributed by atoms with van der Waals surface area (Å²) in [5.74, 6) is -1.25. The van der Waals surface area contributed by atoms with Gasteiger partial charge < -0.3 is 14.2 Å². The maximum absolute atomic E-state index is 13.1. The van der Waals surface area contributed by atoms with Crippen LogP contribution in [0.1, 0.15) is 48.9 Å². The van der Waals surface area contributed by atoms with Crippen molar-refractivity contribution in [2.24, 2.45) is 0 Å². The fourth-order valence-corrected chi connectivity index (χ4v) is 3.20. The molecule has 2 aromatic heterocycles. The Morgan fingerprint density at radius 2 is 2.00 bits per heavy atom. The van der Waals surface area contributed by atoms with Crippen molar-refractivity contribution in [1.29, 1.82) is 0 Å². The van der Waals surface area contributed by atoms with Crippen LogP contribution in [0.25, 0.3) is 5.65 Å². The van der Waals surface area contributed by atoms with Crippen LogP contribution in [0.4, 0.5) is 13.2 Å². The minimum atomic E-state index is -4.78. The van der Waals surface area contributed by atoms with Crippen LogP contribution in [0.2, 0.25) is 0 Å². The number of ether oxygens (including phenoxy) is 1. The first-order valence-corrected chi connectivity index (χ1v) is 8.79. The summed E-state index contributed by atoms with van der Waals surface area (Å²) in [6, 6.07) is 0.466. The minimum Gasteiger partial charge on any atom is -0.465 e. The standard InChI is InChI=1S/C17H19F3N4O4/c1-4-9(3)22-7-10-14(16(22)27)23(8-13(25)28-5-2)12-6-11(17(18,19)20)21-24(12)15(10)26/h6,9H,4-5,7-8H2,1-3H3/t9-/m0/s1. The Hall–Kier alpha value is -2.85. The van der Waals surface area contributed by atoms with Crippen molar-refractivity contribution in [2.75, 3.05) is 6.61 Å². The van der Waals surface area contributed by atoms with Gasteiger partial charge in [0.1, 0.15) is 17.9 Å². The number of carbonyl (C=O) groups is 2. The molecular formula is C17H19F3N4O4. The zero-order chi connectivity index (χ0) is 20.8. The van der Waals surface area contributed by atoms with E-state index in [1.54, 1.807) is 13.8 Å². The summed E-state index contributed by atoms with van der Waals surface area (Å²) < 4.78 is 45.9. The number of carbonyl (C=O) groups excluding carboxylic acids is 2. The van der Waals surface area contributed by atoms with E-state index in [0.29, 0.717) is 17.0 Å². The molecule has 0 spiro atoms. The molecule has 1 atom stereocenters. The van der Waals surface area contributed by atoms with Crippen LogP contribution in [-0.4, -0.2) is 43.6 Å². The molecule has 0 aromatic carbocycles. The molecular weight excluding hydrogens is 381 g/mol. The van der Waals surface area contributed by atoms with E-state index in [2.05, 4.69) is 5.10 Å². The lowest BCUT2D eigenvalue weighted by Gasteiger charge is -2.22. The molecule has 1 aliphatic heterocycles. The van der Waals surface area contributed by atoms with Crippen LogP contribution in [0.3, 0.4) is 0 Å². The van der Waals surface area contributed by atoms with Gasteiger partial charge in [-0.15, -0.1) is 0 Å². The maximum atomic E-state index is 13.1. The van der Waals surface area contributed by atoms with Gasteiger partial charge in [0.2, 0.25) is 0 Å². The minimum absolute atomic E-state index is 0.0129. The molecule has 0 unspecified atom stereocenters. The molecule has 0 radical (unpaired) electrons. The number of fused-ring (bicyclic) bond motifs is 2. The summed E-state index contributed by atoms with van der Waals surface area (Å²) in [6.45, 7) is 4.76. The summed E-state index contributed by atoms with van der Waals surface area (Å²) >= 11 is 0. The summed E-state index contributed by atoms with van der Waals surface area (Å²) in [5, 5.41) is 3.37. The number of amides is 1. The van der Waals surface area contributed by atoms with Crippen LogP contribution >= 0.6 is 0 Å². The third-order valence-electron chi connectivity index (χ3n) is 4.77. The van der Waals surface area contributed by atoms with Gasteiger partial charge in [0.15, 0.2) is 5.69 Å². The molecule has 0 saturated carbocycles. The average Bonchev–Trinajstić information content (AvgIpc) is 3.21. The van der Waals surface area contributed by atoms with Gasteiger partial charge in [-0.1, -0.05) is 6.92 Å². The lowest BCUT2D eigenvalue weighted by Crippen LogP contribution is -2.33. The Morgan fingerprint density at radius 1 is 1.32 bits per heavy atom. The van der Waals surface area contributed by atoms with Crippen molar-refractivity contribution in [2.45, 2.75) is 52.5 Å². The Kier molecular flexibility index (Phi) is 4.94. The first-order chi connectivity index (χ1) is 13.1. The molecule has 11 heteroatoms. The number of aromatic nitrogens is 3. The molecule has 3 rings (SSSR count). The Balaban J connectivity index is 2.27. The van der Waals surface area contributed by atoms with Gasteiger partial charge in [0, 0.05) is 12.1 Å². The largest absolute Gasteiger partial charge is 0.465 e. The Bertz CT molecular complexity index is 1010. The maximum Gasteiger partial charge on any atom is 0.435 e. The highest BCUT2D eigenvalue weighted by atomic mass is 19.4. The van der Waals surface area contributed by atoms with Crippen molar-refractivity contribution in [3.8, 4) is 0 Å². The second-order valence-corrected chi connectivity index (χ2v) is 6.51. The van der Waals surface area contributed by atoms with Gasteiger partial charge in [0.05, 0.1) is 18.7 Å². The van der Waals surface area contributed by atoms with Gasteiger partial charge in [0.25, 0.3) is 11.5 Å². The molecule has 0 fully saturated rings. The first kappa shape index (κ1) is 19.9. The normalized spacial score (nSPS) is 15.2. The molecule has 1 amide bonds. The summed E-state index contributed by atoms with van der Waals surface area (Å²) in [5.41, 5.74) is -2.46. The second-order valence-electron chi connectivity index (χ2n) is 6.51. The van der Waals surface area contributed by atoms with Gasteiger partial charge in [-0.25, -0.2) is 0 Å². The van der Waals surface area contributed by atoms with E-state index in [1.807, 2.05) is 6.92 Å². The van der Waals surface area contributed by atoms with E-state index in [4.69, 9.17) is 4.74 Å². The Morgan fingerprint density at radius 3 is 2.57 bits per heavy atom. The molecule has 1 aliphatic rings. The Labute approximate surface area is 157 Å². The van der Waals surface area contributed by atoms with E-state index in [1.165, 1.54) is 4.90 Å². The van der Waals surface area contributed by atoms with Crippen LogP contribution in [0, 0.1) is 0 Å². The summed E-state index contributed by atoms with van der Waals surface area (Å²) in [4.78, 5) is 39.2. The van der Waals surface area contributed by atoms with Crippen molar-refractivity contribution >= 4 is 17.5 Å². The first-order valence-electron chi connectivity index (χ1n) is 8.79. The summed E-state index contributed by atoms with van der Waals surface area (Å²) in [7, 11) is 0. The van der Waals surface area contributed by atoms with Crippen LogP contribution in [0.15, 0.2) is 10.9 Å². The monoisotopic (exact) mass is 400 g/mol. The molecule has 152 valence electrons. The third-order valence-corrected chi connectivity index (χ3v) is 4.77. The van der Waals surface area contributed by atoms with Crippen molar-refractivity contribution < 1.29 is 27.5 Å². The molecule has 0 aliphatic carbocycles. The average molecular weight is 400 g/mol. The van der Waals surface area contributed by atoms with Crippen LogP contribution < -0.4 is 5.56 Å². The van der Waals surface area contributed by atoms with Gasteiger partial charge in [-0.3, -0.25) is 14.4 Å². The zero-order valence-corrected chi connectivity index (χ0v) is 15.5. The molecule has 28 heavy (non-hydrogen) atoms.